The zero-order valence-corrected chi connectivity index (χ0v) is 18.1. The molecular weight excluding hydrogens is 400 g/mol. The number of anilines is 3. The van der Waals surface area contributed by atoms with Crippen LogP contribution in [0, 0.1) is 11.3 Å². The van der Waals surface area contributed by atoms with Crippen LogP contribution in [0.15, 0.2) is 133 Å². The summed E-state index contributed by atoms with van der Waals surface area (Å²) in [6.07, 6.45) is 0. The second-order valence-corrected chi connectivity index (χ2v) is 7.76. The minimum Gasteiger partial charge on any atom is -0.309 e. The minimum atomic E-state index is 0.632. The molecule has 0 amide bonds. The van der Waals surface area contributed by atoms with E-state index in [9.17, 15) is 5.26 Å². The van der Waals surface area contributed by atoms with E-state index in [0.717, 1.165) is 33.8 Å². The van der Waals surface area contributed by atoms with E-state index in [1.54, 1.807) is 0 Å². The van der Waals surface area contributed by atoms with Crippen molar-refractivity contribution in [2.75, 3.05) is 4.90 Å². The predicted octanol–water partition coefficient (Wildman–Crippen LogP) is 8.36. The largest absolute Gasteiger partial charge is 0.309 e. The van der Waals surface area contributed by atoms with Gasteiger partial charge < -0.3 is 4.90 Å². The second-order valence-electron chi connectivity index (χ2n) is 7.76. The van der Waals surface area contributed by atoms with Crippen molar-refractivity contribution in [2.24, 2.45) is 0 Å². The van der Waals surface area contributed by atoms with E-state index in [0.29, 0.717) is 5.56 Å². The van der Waals surface area contributed by atoms with Gasteiger partial charge in [0.2, 0.25) is 0 Å². The number of hydrogen-bond acceptors (Lipinski definition) is 2. The molecule has 0 atom stereocenters. The normalized spacial score (nSPS) is 10.4. The topological polar surface area (TPSA) is 27.0 Å². The van der Waals surface area contributed by atoms with Gasteiger partial charge in [0.05, 0.1) is 16.9 Å². The summed E-state index contributed by atoms with van der Waals surface area (Å²) in [5.41, 5.74) is 8.09. The van der Waals surface area contributed by atoms with Crippen LogP contribution in [0.1, 0.15) is 5.56 Å². The number of rotatable bonds is 5. The molecule has 5 aromatic rings. The van der Waals surface area contributed by atoms with E-state index in [1.807, 2.05) is 54.6 Å². The average Bonchev–Trinajstić information content (AvgIpc) is 2.91. The van der Waals surface area contributed by atoms with E-state index < -0.39 is 0 Å². The molecule has 2 nitrogen and oxygen atoms in total. The van der Waals surface area contributed by atoms with Crippen molar-refractivity contribution in [3.63, 3.8) is 0 Å². The summed E-state index contributed by atoms with van der Waals surface area (Å²) in [6.45, 7) is 0. The van der Waals surface area contributed by atoms with Crippen LogP contribution in [0.4, 0.5) is 17.1 Å². The maximum absolute atomic E-state index is 9.86. The van der Waals surface area contributed by atoms with Crippen molar-refractivity contribution in [1.29, 1.82) is 5.26 Å². The van der Waals surface area contributed by atoms with Gasteiger partial charge in [-0.2, -0.15) is 5.26 Å². The quantitative estimate of drug-likeness (QED) is 0.284. The van der Waals surface area contributed by atoms with Crippen LogP contribution in [-0.4, -0.2) is 0 Å². The van der Waals surface area contributed by atoms with Gasteiger partial charge in [0.15, 0.2) is 0 Å². The lowest BCUT2D eigenvalue weighted by Crippen LogP contribution is -2.12. The molecule has 0 aliphatic carbocycles. The third kappa shape index (κ3) is 4.13. The molecule has 0 radical (unpaired) electrons. The lowest BCUT2D eigenvalue weighted by molar-refractivity contribution is 1.27. The molecule has 0 aromatic heterocycles. The first-order valence-electron chi connectivity index (χ1n) is 10.9. The highest BCUT2D eigenvalue weighted by Gasteiger charge is 2.19. The van der Waals surface area contributed by atoms with Crippen LogP contribution < -0.4 is 4.90 Å². The van der Waals surface area contributed by atoms with Crippen LogP contribution in [0.2, 0.25) is 0 Å². The Kier molecular flexibility index (Phi) is 5.70. The molecule has 0 spiro atoms. The standard InChI is InChI=1S/C31H22N2/c32-23-27-15-7-9-17-30(27)33(28-21-19-25(20-22-28)24-11-3-1-4-12-24)31-18-10-8-16-29(31)26-13-5-2-6-14-26/h1-22H. The first-order valence-corrected chi connectivity index (χ1v) is 10.9. The Morgan fingerprint density at radius 2 is 0.970 bits per heavy atom. The van der Waals surface area contributed by atoms with Gasteiger partial charge in [-0.15, -0.1) is 0 Å². The molecule has 2 heteroatoms. The van der Waals surface area contributed by atoms with Crippen LogP contribution >= 0.6 is 0 Å². The van der Waals surface area contributed by atoms with E-state index >= 15 is 0 Å². The lowest BCUT2D eigenvalue weighted by Gasteiger charge is -2.28. The highest BCUT2D eigenvalue weighted by atomic mass is 15.1. The van der Waals surface area contributed by atoms with Crippen molar-refractivity contribution in [3.8, 4) is 28.3 Å². The Labute approximate surface area is 194 Å². The smallest absolute Gasteiger partial charge is 0.101 e. The maximum atomic E-state index is 9.86. The Balaban J connectivity index is 1.69. The van der Waals surface area contributed by atoms with Gasteiger partial charge in [-0.1, -0.05) is 103 Å². The van der Waals surface area contributed by atoms with Crippen molar-refractivity contribution in [1.82, 2.24) is 0 Å². The number of nitrogens with zero attached hydrogens (tertiary/aromatic N) is 2. The summed E-state index contributed by atoms with van der Waals surface area (Å²) in [5, 5.41) is 9.86. The molecule has 5 aromatic carbocycles. The van der Waals surface area contributed by atoms with Gasteiger partial charge in [-0.3, -0.25) is 0 Å². The molecule has 0 fully saturated rings. The molecule has 5 rings (SSSR count). The maximum Gasteiger partial charge on any atom is 0.101 e. The SMILES string of the molecule is N#Cc1ccccc1N(c1ccc(-c2ccccc2)cc1)c1ccccc1-c1ccccc1. The monoisotopic (exact) mass is 422 g/mol. The van der Waals surface area contributed by atoms with E-state index in [4.69, 9.17) is 0 Å². The Morgan fingerprint density at radius 1 is 0.455 bits per heavy atom. The Hall–Kier alpha value is -4.61. The molecule has 33 heavy (non-hydrogen) atoms. The van der Waals surface area contributed by atoms with Gasteiger partial charge in [0.25, 0.3) is 0 Å². The summed E-state index contributed by atoms with van der Waals surface area (Å²) in [5.74, 6) is 0. The van der Waals surface area contributed by atoms with Gasteiger partial charge in [0, 0.05) is 11.3 Å². The van der Waals surface area contributed by atoms with Crippen molar-refractivity contribution in [3.05, 3.63) is 139 Å². The molecule has 0 unspecified atom stereocenters. The van der Waals surface area contributed by atoms with Crippen molar-refractivity contribution >= 4 is 17.1 Å². The molecule has 0 bridgehead atoms. The fourth-order valence-electron chi connectivity index (χ4n) is 4.14. The summed E-state index contributed by atoms with van der Waals surface area (Å²) in [4.78, 5) is 2.18. The van der Waals surface area contributed by atoms with Gasteiger partial charge >= 0.3 is 0 Å². The third-order valence-electron chi connectivity index (χ3n) is 5.73. The first-order chi connectivity index (χ1) is 16.3. The highest BCUT2D eigenvalue weighted by molar-refractivity contribution is 5.89. The number of benzene rings is 5. The molecule has 0 N–H and O–H groups in total. The van der Waals surface area contributed by atoms with Gasteiger partial charge in [-0.25, -0.2) is 0 Å². The van der Waals surface area contributed by atoms with E-state index in [2.05, 4.69) is 89.8 Å². The molecule has 156 valence electrons. The summed E-state index contributed by atoms with van der Waals surface area (Å²) in [6, 6.07) is 47.7. The van der Waals surface area contributed by atoms with Crippen molar-refractivity contribution in [2.45, 2.75) is 0 Å². The zero-order chi connectivity index (χ0) is 22.5. The molecule has 0 aliphatic heterocycles. The zero-order valence-electron chi connectivity index (χ0n) is 18.1. The Morgan fingerprint density at radius 3 is 1.64 bits per heavy atom. The second kappa shape index (κ2) is 9.26. The van der Waals surface area contributed by atoms with Crippen molar-refractivity contribution < 1.29 is 0 Å². The molecular formula is C31H22N2. The fourth-order valence-corrected chi connectivity index (χ4v) is 4.14. The lowest BCUT2D eigenvalue weighted by atomic mass is 10.0. The first kappa shape index (κ1) is 20.3. The third-order valence-corrected chi connectivity index (χ3v) is 5.73. The Bertz CT molecular complexity index is 1400. The number of hydrogen-bond donors (Lipinski definition) is 0. The molecule has 0 aliphatic rings. The predicted molar refractivity (Wildman–Crippen MR) is 137 cm³/mol. The van der Waals surface area contributed by atoms with Crippen LogP contribution in [-0.2, 0) is 0 Å². The van der Waals surface area contributed by atoms with Crippen LogP contribution in [0.25, 0.3) is 22.3 Å². The van der Waals surface area contributed by atoms with Gasteiger partial charge in [0.1, 0.15) is 6.07 Å². The summed E-state index contributed by atoms with van der Waals surface area (Å²) in [7, 11) is 0. The average molecular weight is 423 g/mol. The summed E-state index contributed by atoms with van der Waals surface area (Å²) >= 11 is 0. The number of nitriles is 1. The number of para-hydroxylation sites is 2. The van der Waals surface area contributed by atoms with E-state index in [-0.39, 0.29) is 0 Å². The van der Waals surface area contributed by atoms with Gasteiger partial charge in [-0.05, 0) is 47.0 Å². The molecule has 0 saturated heterocycles. The highest BCUT2D eigenvalue weighted by Crippen LogP contribution is 2.42. The minimum absolute atomic E-state index is 0.632. The molecule has 0 heterocycles. The summed E-state index contributed by atoms with van der Waals surface area (Å²) < 4.78 is 0. The fraction of sp³-hybridized carbons (Fsp3) is 0. The van der Waals surface area contributed by atoms with Crippen LogP contribution in [0.3, 0.4) is 0 Å². The van der Waals surface area contributed by atoms with Crippen LogP contribution in [0.5, 0.6) is 0 Å². The molecule has 0 saturated carbocycles. The van der Waals surface area contributed by atoms with E-state index in [1.165, 1.54) is 5.56 Å².